The zero-order valence-electron chi connectivity index (χ0n) is 10.2. The molecule has 2 aromatic heterocycles. The molecular formula is C13H8N6S. The van der Waals surface area contributed by atoms with Crippen molar-refractivity contribution >= 4 is 11.8 Å². The Hall–Kier alpha value is -2.72. The molecule has 1 aromatic carbocycles. The summed E-state index contributed by atoms with van der Waals surface area (Å²) in [6, 6.07) is 15.2. The molecule has 0 saturated carbocycles. The first kappa shape index (κ1) is 12.3. The zero-order chi connectivity index (χ0) is 13.8. The molecule has 0 N–H and O–H groups in total. The summed E-state index contributed by atoms with van der Waals surface area (Å²) >= 11 is 1.38. The Bertz CT molecular complexity index is 762. The van der Waals surface area contributed by atoms with Crippen molar-refractivity contribution in [3.8, 4) is 11.8 Å². The van der Waals surface area contributed by atoms with Crippen LogP contribution in [0.2, 0.25) is 0 Å². The van der Waals surface area contributed by atoms with Gasteiger partial charge in [0, 0.05) is 11.1 Å². The smallest absolute Gasteiger partial charge is 0.218 e. The summed E-state index contributed by atoms with van der Waals surface area (Å²) in [5, 5.41) is 21.2. The van der Waals surface area contributed by atoms with Gasteiger partial charge >= 0.3 is 0 Å². The van der Waals surface area contributed by atoms with Crippen LogP contribution in [0, 0.1) is 11.3 Å². The van der Waals surface area contributed by atoms with Gasteiger partial charge in [0.15, 0.2) is 0 Å². The van der Waals surface area contributed by atoms with Gasteiger partial charge in [-0.2, -0.15) is 9.94 Å². The largest absolute Gasteiger partial charge is 0.245 e. The van der Waals surface area contributed by atoms with Gasteiger partial charge in [-0.05, 0) is 46.5 Å². The number of nitrogens with zero attached hydrogens (tertiary/aromatic N) is 6. The Morgan fingerprint density at radius 1 is 1.15 bits per heavy atom. The average Bonchev–Trinajstić information content (AvgIpc) is 2.96. The van der Waals surface area contributed by atoms with Crippen LogP contribution in [-0.2, 0) is 0 Å². The van der Waals surface area contributed by atoms with Gasteiger partial charge in [0.25, 0.3) is 0 Å². The number of nitriles is 1. The molecule has 0 amide bonds. The van der Waals surface area contributed by atoms with Crippen LogP contribution in [0.1, 0.15) is 5.69 Å². The van der Waals surface area contributed by atoms with Crippen LogP contribution in [0.4, 0.5) is 0 Å². The standard InChI is InChI=1S/C13H8N6S/c14-9-10-8-12(6-7-15-10)20-13-16-17-18-19(13)11-4-2-1-3-5-11/h1-8H. The number of pyridine rings is 1. The maximum atomic E-state index is 8.85. The van der Waals surface area contributed by atoms with E-state index in [2.05, 4.69) is 20.5 Å². The Morgan fingerprint density at radius 2 is 2.00 bits per heavy atom. The van der Waals surface area contributed by atoms with Crippen LogP contribution in [0.3, 0.4) is 0 Å². The molecule has 0 spiro atoms. The van der Waals surface area contributed by atoms with Crippen molar-refractivity contribution in [2.45, 2.75) is 10.1 Å². The van der Waals surface area contributed by atoms with Gasteiger partial charge in [-0.15, -0.1) is 5.10 Å². The summed E-state index contributed by atoms with van der Waals surface area (Å²) < 4.78 is 1.65. The Kier molecular flexibility index (Phi) is 3.39. The van der Waals surface area contributed by atoms with E-state index in [1.165, 1.54) is 11.8 Å². The van der Waals surface area contributed by atoms with Gasteiger partial charge < -0.3 is 0 Å². The maximum Gasteiger partial charge on any atom is 0.218 e. The second-order valence-electron chi connectivity index (χ2n) is 3.80. The summed E-state index contributed by atoms with van der Waals surface area (Å²) in [6.45, 7) is 0. The van der Waals surface area contributed by atoms with Crippen LogP contribution in [0.5, 0.6) is 0 Å². The first-order valence-corrected chi connectivity index (χ1v) is 6.56. The summed E-state index contributed by atoms with van der Waals surface area (Å²) in [5.74, 6) is 0. The summed E-state index contributed by atoms with van der Waals surface area (Å²) in [4.78, 5) is 4.80. The molecular weight excluding hydrogens is 272 g/mol. The van der Waals surface area contributed by atoms with Gasteiger partial charge in [0.1, 0.15) is 11.8 Å². The van der Waals surface area contributed by atoms with Crippen molar-refractivity contribution in [3.05, 3.63) is 54.4 Å². The molecule has 2 heterocycles. The highest BCUT2D eigenvalue weighted by Gasteiger charge is 2.10. The normalized spacial score (nSPS) is 10.2. The summed E-state index contributed by atoms with van der Waals surface area (Å²) in [7, 11) is 0. The first-order valence-electron chi connectivity index (χ1n) is 5.74. The predicted molar refractivity (Wildman–Crippen MR) is 72.2 cm³/mol. The SMILES string of the molecule is N#Cc1cc(Sc2nnnn2-c2ccccc2)ccn1. The lowest BCUT2D eigenvalue weighted by Gasteiger charge is -2.03. The number of hydrogen-bond acceptors (Lipinski definition) is 6. The van der Waals surface area contributed by atoms with Crippen molar-refractivity contribution < 1.29 is 0 Å². The minimum absolute atomic E-state index is 0.369. The number of rotatable bonds is 3. The third kappa shape index (κ3) is 2.50. The van der Waals surface area contributed by atoms with Crippen molar-refractivity contribution in [1.82, 2.24) is 25.2 Å². The topological polar surface area (TPSA) is 80.3 Å². The van der Waals surface area contributed by atoms with Crippen molar-refractivity contribution in [3.63, 3.8) is 0 Å². The molecule has 6 nitrogen and oxygen atoms in total. The molecule has 3 rings (SSSR count). The Morgan fingerprint density at radius 3 is 2.80 bits per heavy atom. The average molecular weight is 280 g/mol. The molecule has 20 heavy (non-hydrogen) atoms. The van der Waals surface area contributed by atoms with Crippen LogP contribution in [-0.4, -0.2) is 25.2 Å². The van der Waals surface area contributed by atoms with E-state index in [1.54, 1.807) is 16.9 Å². The van der Waals surface area contributed by atoms with Gasteiger partial charge in [-0.1, -0.05) is 18.2 Å². The van der Waals surface area contributed by atoms with Crippen LogP contribution in [0.15, 0.2) is 58.7 Å². The van der Waals surface area contributed by atoms with E-state index in [9.17, 15) is 0 Å². The number of para-hydroxylation sites is 1. The van der Waals surface area contributed by atoms with E-state index < -0.39 is 0 Å². The fourth-order valence-electron chi connectivity index (χ4n) is 1.61. The van der Waals surface area contributed by atoms with Crippen molar-refractivity contribution in [2.24, 2.45) is 0 Å². The minimum atomic E-state index is 0.369. The molecule has 0 fully saturated rings. The molecule has 0 unspecified atom stereocenters. The van der Waals surface area contributed by atoms with E-state index in [1.807, 2.05) is 42.5 Å². The van der Waals surface area contributed by atoms with E-state index in [-0.39, 0.29) is 0 Å². The third-order valence-electron chi connectivity index (χ3n) is 2.50. The monoisotopic (exact) mass is 280 g/mol. The molecule has 7 heteroatoms. The molecule has 0 radical (unpaired) electrons. The van der Waals surface area contributed by atoms with E-state index >= 15 is 0 Å². The molecule has 0 bridgehead atoms. The lowest BCUT2D eigenvalue weighted by atomic mass is 10.3. The van der Waals surface area contributed by atoms with Crippen molar-refractivity contribution in [2.75, 3.05) is 0 Å². The zero-order valence-corrected chi connectivity index (χ0v) is 11.0. The number of benzene rings is 1. The number of hydrogen-bond donors (Lipinski definition) is 0. The quantitative estimate of drug-likeness (QED) is 0.730. The van der Waals surface area contributed by atoms with Gasteiger partial charge in [0.05, 0.1) is 5.69 Å². The third-order valence-corrected chi connectivity index (χ3v) is 3.42. The lowest BCUT2D eigenvalue weighted by molar-refractivity contribution is 0.756. The Balaban J connectivity index is 1.93. The Labute approximate surface area is 119 Å². The highest BCUT2D eigenvalue weighted by Crippen LogP contribution is 2.26. The molecule has 3 aromatic rings. The predicted octanol–water partition coefficient (Wildman–Crippen LogP) is 2.08. The summed E-state index contributed by atoms with van der Waals surface area (Å²) in [6.07, 6.45) is 1.59. The molecule has 0 aliphatic rings. The van der Waals surface area contributed by atoms with Gasteiger partial charge in [0.2, 0.25) is 5.16 Å². The van der Waals surface area contributed by atoms with E-state index in [0.717, 1.165) is 10.6 Å². The van der Waals surface area contributed by atoms with E-state index in [4.69, 9.17) is 5.26 Å². The molecule has 96 valence electrons. The van der Waals surface area contributed by atoms with Crippen molar-refractivity contribution in [1.29, 1.82) is 5.26 Å². The summed E-state index contributed by atoms with van der Waals surface area (Å²) in [5.41, 5.74) is 1.25. The van der Waals surface area contributed by atoms with Gasteiger partial charge in [-0.3, -0.25) is 0 Å². The van der Waals surface area contributed by atoms with Crippen LogP contribution >= 0.6 is 11.8 Å². The van der Waals surface area contributed by atoms with Crippen LogP contribution in [0.25, 0.3) is 5.69 Å². The number of tetrazole rings is 1. The number of aromatic nitrogens is 5. The second-order valence-corrected chi connectivity index (χ2v) is 4.84. The molecule has 0 saturated heterocycles. The van der Waals surface area contributed by atoms with Gasteiger partial charge in [-0.25, -0.2) is 4.98 Å². The molecule has 0 aliphatic heterocycles. The first-order chi connectivity index (χ1) is 9.86. The fourth-order valence-corrected chi connectivity index (χ4v) is 2.43. The highest BCUT2D eigenvalue weighted by molar-refractivity contribution is 7.99. The van der Waals surface area contributed by atoms with E-state index in [0.29, 0.717) is 10.9 Å². The fraction of sp³-hybridized carbons (Fsp3) is 0. The molecule has 0 aliphatic carbocycles. The minimum Gasteiger partial charge on any atom is -0.245 e. The lowest BCUT2D eigenvalue weighted by Crippen LogP contribution is -1.98. The molecule has 0 atom stereocenters. The maximum absolute atomic E-state index is 8.85. The highest BCUT2D eigenvalue weighted by atomic mass is 32.2. The second kappa shape index (κ2) is 5.50. The van der Waals surface area contributed by atoms with Crippen LogP contribution < -0.4 is 0 Å².